The highest BCUT2D eigenvalue weighted by Gasteiger charge is 2.24. The molecule has 2 heteroatoms. The molecule has 0 aliphatic carbocycles. The molecule has 0 unspecified atom stereocenters. The maximum absolute atomic E-state index is 2.48. The van der Waals surface area contributed by atoms with Gasteiger partial charge >= 0.3 is 0 Å². The van der Waals surface area contributed by atoms with Crippen molar-refractivity contribution in [3.63, 3.8) is 0 Å². The largest absolute Gasteiger partial charge is 0.310 e. The van der Waals surface area contributed by atoms with Crippen LogP contribution in [-0.4, -0.2) is 4.57 Å². The molecule has 12 rings (SSSR count). The Bertz CT molecular complexity index is 3710. The lowest BCUT2D eigenvalue weighted by atomic mass is 9.89. The Kier molecular flexibility index (Phi) is 10.6. The van der Waals surface area contributed by atoms with E-state index in [-0.39, 0.29) is 0 Å². The van der Waals surface area contributed by atoms with Crippen molar-refractivity contribution in [3.8, 4) is 72.4 Å². The Hall–Kier alpha value is -8.98. The molecule has 11 aromatic carbocycles. The van der Waals surface area contributed by atoms with Crippen molar-refractivity contribution >= 4 is 38.9 Å². The van der Waals surface area contributed by atoms with Crippen LogP contribution < -0.4 is 4.90 Å². The number of aromatic nitrogens is 1. The molecule has 0 fully saturated rings. The van der Waals surface area contributed by atoms with Crippen LogP contribution in [0.5, 0.6) is 0 Å². The number of anilines is 3. The molecule has 0 aliphatic heterocycles. The van der Waals surface area contributed by atoms with Gasteiger partial charge in [0.1, 0.15) is 0 Å². The van der Waals surface area contributed by atoms with E-state index in [4.69, 9.17) is 0 Å². The predicted molar refractivity (Wildman–Crippen MR) is 288 cm³/mol. The highest BCUT2D eigenvalue weighted by Crippen LogP contribution is 2.48. The number of benzene rings is 11. The average molecular weight is 867 g/mol. The molecule has 68 heavy (non-hydrogen) atoms. The molecule has 0 amide bonds. The van der Waals surface area contributed by atoms with Crippen LogP contribution in [-0.2, 0) is 0 Å². The third kappa shape index (κ3) is 7.45. The van der Waals surface area contributed by atoms with Gasteiger partial charge in [-0.15, -0.1) is 0 Å². The zero-order valence-corrected chi connectivity index (χ0v) is 37.5. The van der Waals surface area contributed by atoms with Crippen molar-refractivity contribution in [2.75, 3.05) is 4.90 Å². The zero-order valence-electron chi connectivity index (χ0n) is 37.5. The van der Waals surface area contributed by atoms with Crippen LogP contribution in [0.15, 0.2) is 279 Å². The van der Waals surface area contributed by atoms with Crippen LogP contribution in [0.4, 0.5) is 17.1 Å². The van der Waals surface area contributed by atoms with Gasteiger partial charge < -0.3 is 9.47 Å². The summed E-state index contributed by atoms with van der Waals surface area (Å²) in [5, 5.41) is 2.41. The standard InChI is InChI=1S/C66H46N2/c1-6-22-47(23-7-1)51-39-43-64(62(44-51)50-28-12-4-13-29-50)68-63-37-21-20-36-59(63)61-42-40-54(46-66(61)68)67(53-30-14-5-15-31-53)65-45-52(57-34-17-16-32-55(57)48-24-8-2-9-25-48)38-41-60(65)58-35-19-18-33-56(58)49-26-10-3-11-27-49/h1-46H. The SMILES string of the molecule is c1ccc(-c2ccc(-n3c4ccccc4c4ccc(N(c5ccccc5)c5cc(-c6ccccc6-c6ccccc6)ccc5-c5ccccc5-c5ccccc5)cc43)c(-c3ccccc3)c2)cc1. The number of rotatable bonds is 10. The summed E-state index contributed by atoms with van der Waals surface area (Å²) in [6, 6.07) is 101. The van der Waals surface area contributed by atoms with E-state index in [1.54, 1.807) is 0 Å². The minimum atomic E-state index is 1.06. The first kappa shape index (κ1) is 40.5. The molecule has 0 radical (unpaired) electrons. The molecule has 0 saturated carbocycles. The molecular formula is C66H46N2. The Morgan fingerprint density at radius 2 is 0.706 bits per heavy atom. The predicted octanol–water partition coefficient (Wildman–Crippen LogP) is 18.3. The van der Waals surface area contributed by atoms with Crippen LogP contribution in [0.3, 0.4) is 0 Å². The fourth-order valence-corrected chi connectivity index (χ4v) is 10.1. The quantitative estimate of drug-likeness (QED) is 0.133. The Morgan fingerprint density at radius 1 is 0.235 bits per heavy atom. The summed E-state index contributed by atoms with van der Waals surface area (Å²) in [6.07, 6.45) is 0. The molecule has 320 valence electrons. The molecule has 0 aliphatic rings. The summed E-state index contributed by atoms with van der Waals surface area (Å²) < 4.78 is 2.48. The van der Waals surface area contributed by atoms with E-state index in [0.29, 0.717) is 0 Å². The van der Waals surface area contributed by atoms with Crippen LogP contribution in [0, 0.1) is 0 Å². The first-order chi connectivity index (χ1) is 33.8. The van der Waals surface area contributed by atoms with Crippen LogP contribution in [0.2, 0.25) is 0 Å². The Balaban J connectivity index is 1.13. The van der Waals surface area contributed by atoms with E-state index in [9.17, 15) is 0 Å². The van der Waals surface area contributed by atoms with Crippen molar-refractivity contribution in [1.29, 1.82) is 0 Å². The molecule has 0 spiro atoms. The lowest BCUT2D eigenvalue weighted by Gasteiger charge is -2.29. The van der Waals surface area contributed by atoms with Crippen molar-refractivity contribution < 1.29 is 0 Å². The van der Waals surface area contributed by atoms with E-state index < -0.39 is 0 Å². The fourth-order valence-electron chi connectivity index (χ4n) is 10.1. The Morgan fingerprint density at radius 3 is 1.34 bits per heavy atom. The minimum absolute atomic E-state index is 1.06. The molecule has 0 saturated heterocycles. The second kappa shape index (κ2) is 17.8. The first-order valence-electron chi connectivity index (χ1n) is 23.3. The second-order valence-electron chi connectivity index (χ2n) is 17.2. The summed E-state index contributed by atoms with van der Waals surface area (Å²) >= 11 is 0. The molecule has 1 aromatic heterocycles. The molecule has 2 nitrogen and oxygen atoms in total. The third-order valence-electron chi connectivity index (χ3n) is 13.2. The molecule has 0 bridgehead atoms. The van der Waals surface area contributed by atoms with E-state index in [1.165, 1.54) is 66.4 Å². The first-order valence-corrected chi connectivity index (χ1v) is 23.3. The van der Waals surface area contributed by atoms with E-state index in [0.717, 1.165) is 44.9 Å². The highest BCUT2D eigenvalue weighted by molar-refractivity contribution is 6.11. The van der Waals surface area contributed by atoms with E-state index >= 15 is 0 Å². The van der Waals surface area contributed by atoms with Gasteiger partial charge in [-0.05, 0) is 104 Å². The minimum Gasteiger partial charge on any atom is -0.310 e. The molecular weight excluding hydrogens is 821 g/mol. The number of para-hydroxylation sites is 2. The molecule has 12 aromatic rings. The smallest absolute Gasteiger partial charge is 0.0562 e. The number of hydrogen-bond acceptors (Lipinski definition) is 1. The van der Waals surface area contributed by atoms with Gasteiger partial charge in [0.25, 0.3) is 0 Å². The number of hydrogen-bond donors (Lipinski definition) is 0. The average Bonchev–Trinajstić information content (AvgIpc) is 3.75. The summed E-state index contributed by atoms with van der Waals surface area (Å²) in [6.45, 7) is 0. The number of fused-ring (bicyclic) bond motifs is 3. The van der Waals surface area contributed by atoms with Gasteiger partial charge in [-0.3, -0.25) is 0 Å². The lowest BCUT2D eigenvalue weighted by Crippen LogP contribution is -2.12. The normalized spacial score (nSPS) is 11.2. The second-order valence-corrected chi connectivity index (χ2v) is 17.2. The maximum Gasteiger partial charge on any atom is 0.0562 e. The van der Waals surface area contributed by atoms with Gasteiger partial charge in [0.05, 0.1) is 22.4 Å². The molecule has 0 N–H and O–H groups in total. The fraction of sp³-hybridized carbons (Fsp3) is 0. The van der Waals surface area contributed by atoms with Gasteiger partial charge in [0.2, 0.25) is 0 Å². The van der Waals surface area contributed by atoms with Crippen molar-refractivity contribution in [3.05, 3.63) is 279 Å². The summed E-state index contributed by atoms with van der Waals surface area (Å²) in [5.41, 5.74) is 20.7. The van der Waals surface area contributed by atoms with Gasteiger partial charge in [-0.25, -0.2) is 0 Å². The monoisotopic (exact) mass is 866 g/mol. The highest BCUT2D eigenvalue weighted by atomic mass is 15.1. The van der Waals surface area contributed by atoms with Gasteiger partial charge in [-0.1, -0.05) is 231 Å². The topological polar surface area (TPSA) is 8.17 Å². The summed E-state index contributed by atoms with van der Waals surface area (Å²) in [7, 11) is 0. The van der Waals surface area contributed by atoms with E-state index in [2.05, 4.69) is 289 Å². The van der Waals surface area contributed by atoms with Gasteiger partial charge in [0, 0.05) is 33.3 Å². The lowest BCUT2D eigenvalue weighted by molar-refractivity contribution is 1.18. The van der Waals surface area contributed by atoms with Crippen molar-refractivity contribution in [2.45, 2.75) is 0 Å². The van der Waals surface area contributed by atoms with Crippen LogP contribution in [0.1, 0.15) is 0 Å². The van der Waals surface area contributed by atoms with Crippen LogP contribution in [0.25, 0.3) is 94.3 Å². The zero-order chi connectivity index (χ0) is 45.2. The van der Waals surface area contributed by atoms with E-state index in [1.807, 2.05) is 0 Å². The van der Waals surface area contributed by atoms with Gasteiger partial charge in [0.15, 0.2) is 0 Å². The Labute approximate surface area is 397 Å². The van der Waals surface area contributed by atoms with Crippen molar-refractivity contribution in [1.82, 2.24) is 4.57 Å². The molecule has 0 atom stereocenters. The number of nitrogens with zero attached hydrogens (tertiary/aromatic N) is 2. The molecule has 1 heterocycles. The maximum atomic E-state index is 2.48. The van der Waals surface area contributed by atoms with Crippen LogP contribution >= 0.6 is 0 Å². The van der Waals surface area contributed by atoms with Gasteiger partial charge in [-0.2, -0.15) is 0 Å². The third-order valence-corrected chi connectivity index (χ3v) is 13.2. The summed E-state index contributed by atoms with van der Waals surface area (Å²) in [4.78, 5) is 2.46. The summed E-state index contributed by atoms with van der Waals surface area (Å²) in [5.74, 6) is 0. The van der Waals surface area contributed by atoms with Crippen molar-refractivity contribution in [2.24, 2.45) is 0 Å².